The van der Waals surface area contributed by atoms with Crippen molar-refractivity contribution in [1.29, 1.82) is 0 Å². The van der Waals surface area contributed by atoms with E-state index in [9.17, 15) is 0 Å². The average Bonchev–Trinajstić information content (AvgIpc) is 3.12. The molecule has 1 aliphatic rings. The van der Waals surface area contributed by atoms with E-state index in [1.165, 1.54) is 24.0 Å². The fourth-order valence-electron chi connectivity index (χ4n) is 2.12. The van der Waals surface area contributed by atoms with Crippen molar-refractivity contribution in [2.75, 3.05) is 5.32 Å². The summed E-state index contributed by atoms with van der Waals surface area (Å²) in [7, 11) is 0. The first-order chi connectivity index (χ1) is 8.70. The van der Waals surface area contributed by atoms with Crippen LogP contribution < -0.4 is 5.32 Å². The van der Waals surface area contributed by atoms with Gasteiger partial charge in [-0.25, -0.2) is 0 Å². The Morgan fingerprint density at radius 2 is 1.72 bits per heavy atom. The number of nitrogens with zero attached hydrogens (tertiary/aromatic N) is 2. The summed E-state index contributed by atoms with van der Waals surface area (Å²) in [6.45, 7) is 4.21. The number of aromatic nitrogens is 2. The van der Waals surface area contributed by atoms with Gasteiger partial charge in [-0.2, -0.15) is 0 Å². The maximum atomic E-state index is 4.30. The minimum Gasteiger partial charge on any atom is -0.366 e. The first-order valence-corrected chi connectivity index (χ1v) is 6.40. The van der Waals surface area contributed by atoms with Crippen LogP contribution in [0.2, 0.25) is 0 Å². The van der Waals surface area contributed by atoms with Crippen molar-refractivity contribution in [2.24, 2.45) is 0 Å². The van der Waals surface area contributed by atoms with Gasteiger partial charge in [0.1, 0.15) is 5.82 Å². The SMILES string of the molecule is Cc1cc(C)cc(-c2ccc(NC3CC3)nn2)c1. The van der Waals surface area contributed by atoms with E-state index in [-0.39, 0.29) is 0 Å². The van der Waals surface area contributed by atoms with Gasteiger partial charge >= 0.3 is 0 Å². The second kappa shape index (κ2) is 4.41. The van der Waals surface area contributed by atoms with Crippen molar-refractivity contribution in [3.63, 3.8) is 0 Å². The maximum Gasteiger partial charge on any atom is 0.148 e. The molecule has 1 fully saturated rings. The molecular formula is C15H17N3. The van der Waals surface area contributed by atoms with E-state index in [0.29, 0.717) is 6.04 Å². The zero-order chi connectivity index (χ0) is 12.5. The molecule has 3 heteroatoms. The fourth-order valence-corrected chi connectivity index (χ4v) is 2.12. The van der Waals surface area contributed by atoms with Crippen LogP contribution in [0.15, 0.2) is 30.3 Å². The Morgan fingerprint density at radius 1 is 1.00 bits per heavy atom. The Bertz CT molecular complexity index is 536. The van der Waals surface area contributed by atoms with E-state index in [1.54, 1.807) is 0 Å². The van der Waals surface area contributed by atoms with Gasteiger partial charge in [0.05, 0.1) is 5.69 Å². The molecule has 0 saturated heterocycles. The molecule has 3 rings (SSSR count). The number of hydrogen-bond donors (Lipinski definition) is 1. The highest BCUT2D eigenvalue weighted by Gasteiger charge is 2.21. The lowest BCUT2D eigenvalue weighted by atomic mass is 10.1. The molecule has 0 radical (unpaired) electrons. The molecule has 3 nitrogen and oxygen atoms in total. The minimum absolute atomic E-state index is 0.617. The normalized spacial score (nSPS) is 14.6. The Morgan fingerprint density at radius 3 is 2.28 bits per heavy atom. The van der Waals surface area contributed by atoms with Crippen molar-refractivity contribution in [3.8, 4) is 11.3 Å². The Kier molecular flexibility index (Phi) is 2.74. The molecule has 0 spiro atoms. The van der Waals surface area contributed by atoms with E-state index >= 15 is 0 Å². The topological polar surface area (TPSA) is 37.8 Å². The molecule has 1 aliphatic carbocycles. The number of hydrogen-bond acceptors (Lipinski definition) is 3. The molecule has 0 atom stereocenters. The third kappa shape index (κ3) is 2.50. The largest absolute Gasteiger partial charge is 0.366 e. The van der Waals surface area contributed by atoms with Gasteiger partial charge in [-0.1, -0.05) is 17.2 Å². The fraction of sp³-hybridized carbons (Fsp3) is 0.333. The average molecular weight is 239 g/mol. The highest BCUT2D eigenvalue weighted by atomic mass is 15.2. The summed E-state index contributed by atoms with van der Waals surface area (Å²) in [5.74, 6) is 0.880. The van der Waals surface area contributed by atoms with Gasteiger partial charge in [-0.15, -0.1) is 10.2 Å². The van der Waals surface area contributed by atoms with Crippen molar-refractivity contribution in [2.45, 2.75) is 32.7 Å². The smallest absolute Gasteiger partial charge is 0.148 e. The second-order valence-electron chi connectivity index (χ2n) is 5.10. The van der Waals surface area contributed by atoms with Crippen molar-refractivity contribution in [1.82, 2.24) is 10.2 Å². The second-order valence-corrected chi connectivity index (χ2v) is 5.10. The highest BCUT2D eigenvalue weighted by molar-refractivity contribution is 5.61. The molecule has 0 unspecified atom stereocenters. The van der Waals surface area contributed by atoms with Gasteiger partial charge < -0.3 is 5.32 Å². The lowest BCUT2D eigenvalue weighted by Gasteiger charge is -2.06. The van der Waals surface area contributed by atoms with Crippen molar-refractivity contribution in [3.05, 3.63) is 41.5 Å². The van der Waals surface area contributed by atoms with Crippen LogP contribution >= 0.6 is 0 Å². The summed E-state index contributed by atoms with van der Waals surface area (Å²) < 4.78 is 0. The van der Waals surface area contributed by atoms with Gasteiger partial charge in [0, 0.05) is 11.6 Å². The van der Waals surface area contributed by atoms with Gasteiger partial charge in [-0.05, 0) is 51.0 Å². The lowest BCUT2D eigenvalue weighted by Crippen LogP contribution is -2.03. The first kappa shape index (κ1) is 11.2. The molecule has 2 aromatic rings. The molecule has 0 amide bonds. The van der Waals surface area contributed by atoms with Crippen molar-refractivity contribution < 1.29 is 0 Å². The molecule has 1 saturated carbocycles. The Labute approximate surface area is 107 Å². The standard InChI is InChI=1S/C15H17N3/c1-10-7-11(2)9-12(8-10)14-5-6-15(18-17-14)16-13-3-4-13/h5-9,13H,3-4H2,1-2H3,(H,16,18). The van der Waals surface area contributed by atoms with E-state index in [1.807, 2.05) is 12.1 Å². The summed E-state index contributed by atoms with van der Waals surface area (Å²) in [6, 6.07) is 11.1. The predicted octanol–water partition coefficient (Wildman–Crippen LogP) is 3.33. The lowest BCUT2D eigenvalue weighted by molar-refractivity contribution is 1.00. The summed E-state index contributed by atoms with van der Waals surface area (Å²) in [6.07, 6.45) is 2.50. The van der Waals surface area contributed by atoms with Crippen molar-refractivity contribution >= 4 is 5.82 Å². The van der Waals surface area contributed by atoms with Crippen LogP contribution in [0, 0.1) is 13.8 Å². The Hall–Kier alpha value is -1.90. The van der Waals surface area contributed by atoms with Crippen LogP contribution in [-0.2, 0) is 0 Å². The van der Waals surface area contributed by atoms with E-state index in [0.717, 1.165) is 17.1 Å². The van der Waals surface area contributed by atoms with Crippen LogP contribution in [-0.4, -0.2) is 16.2 Å². The third-order valence-corrected chi connectivity index (χ3v) is 3.11. The molecule has 1 aromatic carbocycles. The number of rotatable bonds is 3. The van der Waals surface area contributed by atoms with Crippen LogP contribution in [0.25, 0.3) is 11.3 Å². The summed E-state index contributed by atoms with van der Waals surface area (Å²) in [4.78, 5) is 0. The maximum absolute atomic E-state index is 4.30. The molecule has 18 heavy (non-hydrogen) atoms. The first-order valence-electron chi connectivity index (χ1n) is 6.40. The van der Waals surface area contributed by atoms with Crippen LogP contribution in [0.4, 0.5) is 5.82 Å². The highest BCUT2D eigenvalue weighted by Crippen LogP contribution is 2.24. The van der Waals surface area contributed by atoms with Gasteiger partial charge in [0.15, 0.2) is 0 Å². The number of benzene rings is 1. The summed E-state index contributed by atoms with van der Waals surface area (Å²) >= 11 is 0. The van der Waals surface area contributed by atoms with E-state index < -0.39 is 0 Å². The molecular weight excluding hydrogens is 222 g/mol. The van der Waals surface area contributed by atoms with Crippen LogP contribution in [0.5, 0.6) is 0 Å². The molecule has 92 valence electrons. The third-order valence-electron chi connectivity index (χ3n) is 3.11. The molecule has 1 N–H and O–H groups in total. The summed E-state index contributed by atoms with van der Waals surface area (Å²) in [5, 5.41) is 11.9. The molecule has 0 bridgehead atoms. The van der Waals surface area contributed by atoms with E-state index in [2.05, 4.69) is 47.6 Å². The number of nitrogens with one attached hydrogen (secondary N) is 1. The Balaban J connectivity index is 1.86. The zero-order valence-corrected chi connectivity index (χ0v) is 10.8. The number of aryl methyl sites for hydroxylation is 2. The van der Waals surface area contributed by atoms with Gasteiger partial charge in [-0.3, -0.25) is 0 Å². The number of anilines is 1. The summed E-state index contributed by atoms with van der Waals surface area (Å²) in [5.41, 5.74) is 4.58. The molecule has 0 aliphatic heterocycles. The van der Waals surface area contributed by atoms with Crippen LogP contribution in [0.1, 0.15) is 24.0 Å². The zero-order valence-electron chi connectivity index (χ0n) is 10.8. The van der Waals surface area contributed by atoms with Gasteiger partial charge in [0.25, 0.3) is 0 Å². The molecule has 1 heterocycles. The molecule has 1 aromatic heterocycles. The van der Waals surface area contributed by atoms with E-state index in [4.69, 9.17) is 0 Å². The predicted molar refractivity (Wildman–Crippen MR) is 73.6 cm³/mol. The minimum atomic E-state index is 0.617. The van der Waals surface area contributed by atoms with Crippen LogP contribution in [0.3, 0.4) is 0 Å². The van der Waals surface area contributed by atoms with Gasteiger partial charge in [0.2, 0.25) is 0 Å². The quantitative estimate of drug-likeness (QED) is 0.892. The monoisotopic (exact) mass is 239 g/mol.